The molecule has 0 aromatic heterocycles. The Balaban J connectivity index is 0.00000729. The molecule has 6 atom stereocenters. The zero-order valence-corrected chi connectivity index (χ0v) is 28.2. The number of carbonyl (C=O) groups excluding carboxylic acids is 2. The minimum Gasteiger partial charge on any atom is -0.547 e. The number of amides is 1. The molecule has 0 bridgehead atoms. The third-order valence-electron chi connectivity index (χ3n) is 7.45. The molecule has 0 radical (unpaired) electrons. The van der Waals surface area contributed by atoms with Crippen LogP contribution in [0.1, 0.15) is 40.3 Å². The summed E-state index contributed by atoms with van der Waals surface area (Å²) in [6, 6.07) is 7.60. The summed E-state index contributed by atoms with van der Waals surface area (Å²) in [6.45, 7) is -5.28. The van der Waals surface area contributed by atoms with Crippen molar-refractivity contribution >= 4 is 17.6 Å². The molecule has 48 heavy (non-hydrogen) atoms. The average Bonchev–Trinajstić information content (AvgIpc) is 3.43. The van der Waals surface area contributed by atoms with Gasteiger partial charge in [0.15, 0.2) is 24.4 Å². The molecule has 2 heterocycles. The van der Waals surface area contributed by atoms with Gasteiger partial charge in [0.1, 0.15) is 31.0 Å². The number of halogens is 3. The third-order valence-corrected chi connectivity index (χ3v) is 7.45. The van der Waals surface area contributed by atoms with Gasteiger partial charge in [0.25, 0.3) is 5.91 Å². The molecule has 1 saturated heterocycles. The second-order valence-corrected chi connectivity index (χ2v) is 11.1. The van der Waals surface area contributed by atoms with Crippen LogP contribution < -0.4 is 60.1 Å². The van der Waals surface area contributed by atoms with E-state index in [1.807, 2.05) is 11.0 Å². The van der Waals surface area contributed by atoms with Gasteiger partial charge in [-0.1, -0.05) is 18.2 Å². The topological polar surface area (TPSA) is 196 Å². The zero-order chi connectivity index (χ0) is 37.9. The molecule has 2 aliphatic heterocycles. The largest absolute Gasteiger partial charge is 1.00 e. The number of carboxylic acids is 1. The Bertz CT molecular complexity index is 1560. The molecule has 0 spiro atoms. The second-order valence-electron chi connectivity index (χ2n) is 11.1. The van der Waals surface area contributed by atoms with E-state index in [4.69, 9.17) is 30.2 Å². The number of fused-ring (bicyclic) bond motifs is 1. The number of aliphatic hydroxyl groups is 3. The number of benzene rings is 2. The number of rotatable bonds is 16. The molecular weight excluding hydrogens is 654 g/mol. The van der Waals surface area contributed by atoms with Crippen LogP contribution >= 0.6 is 0 Å². The molecule has 0 saturated carbocycles. The Kier molecular flexibility index (Phi) is 12.6. The first-order valence-electron chi connectivity index (χ1n) is 16.7. The van der Waals surface area contributed by atoms with Crippen molar-refractivity contribution in [2.24, 2.45) is 5.73 Å². The fraction of sp³-hybridized carbons (Fsp3) is 0.548. The van der Waals surface area contributed by atoms with Crippen molar-refractivity contribution in [3.05, 3.63) is 53.1 Å². The van der Waals surface area contributed by atoms with Gasteiger partial charge in [0, 0.05) is 28.4 Å². The fourth-order valence-electron chi connectivity index (χ4n) is 5.31. The molecule has 6 N–H and O–H groups in total. The number of anilines is 1. The molecule has 1 amide bonds. The van der Waals surface area contributed by atoms with Crippen molar-refractivity contribution in [3.63, 3.8) is 0 Å². The normalized spacial score (nSPS) is 24.6. The minimum atomic E-state index is -4.67. The number of carboxylic acid groups (broad SMARTS) is 1. The van der Waals surface area contributed by atoms with Crippen LogP contribution in [0.5, 0.6) is 11.5 Å². The van der Waals surface area contributed by atoms with Crippen molar-refractivity contribution in [1.29, 1.82) is 0 Å². The van der Waals surface area contributed by atoms with Gasteiger partial charge < -0.3 is 60.1 Å². The third kappa shape index (κ3) is 10.7. The summed E-state index contributed by atoms with van der Waals surface area (Å²) in [6.07, 6.45) is -12.7. The predicted octanol–water partition coefficient (Wildman–Crippen LogP) is -3.34. The summed E-state index contributed by atoms with van der Waals surface area (Å²) in [7, 11) is 0. The summed E-state index contributed by atoms with van der Waals surface area (Å²) in [5.41, 5.74) is 7.83. The van der Waals surface area contributed by atoms with Gasteiger partial charge in [-0.25, -0.2) is 0 Å². The number of hydrogen-bond donors (Lipinski definition) is 5. The summed E-state index contributed by atoms with van der Waals surface area (Å²) >= 11 is 0. The van der Waals surface area contributed by atoms with Crippen LogP contribution in [0, 0.1) is 0 Å². The molecule has 2 aliphatic rings. The monoisotopic (exact) mass is 697 g/mol. The zero-order valence-electron chi connectivity index (χ0n) is 30.2. The van der Waals surface area contributed by atoms with Gasteiger partial charge in [-0.2, -0.15) is 13.2 Å². The molecule has 260 valence electrons. The van der Waals surface area contributed by atoms with Crippen LogP contribution in [-0.4, -0.2) is 109 Å². The number of carbonyl (C=O) groups is 2. The summed E-state index contributed by atoms with van der Waals surface area (Å²) < 4.78 is 91.8. The van der Waals surface area contributed by atoms with Crippen LogP contribution in [0.15, 0.2) is 36.4 Å². The number of nitrogens with one attached hydrogen (secondary N) is 1. The first kappa shape index (κ1) is 33.8. The van der Waals surface area contributed by atoms with Crippen LogP contribution in [-0.2, 0) is 27.1 Å². The van der Waals surface area contributed by atoms with Crippen molar-refractivity contribution in [1.82, 2.24) is 5.32 Å². The first-order chi connectivity index (χ1) is 23.7. The van der Waals surface area contributed by atoms with Gasteiger partial charge in [-0.05, 0) is 55.5 Å². The van der Waals surface area contributed by atoms with Gasteiger partial charge >= 0.3 is 35.7 Å². The smallest absolute Gasteiger partial charge is 0.547 e. The van der Waals surface area contributed by atoms with Crippen molar-refractivity contribution in [3.8, 4) is 11.5 Å². The molecule has 2 aromatic rings. The van der Waals surface area contributed by atoms with E-state index in [-0.39, 0.29) is 48.1 Å². The maximum Gasteiger partial charge on any atom is 1.00 e. The quantitative estimate of drug-likeness (QED) is 0.0866. The number of para-hydroxylation sites is 2. The van der Waals surface area contributed by atoms with Gasteiger partial charge in [0.05, 0.1) is 26.6 Å². The summed E-state index contributed by atoms with van der Waals surface area (Å²) in [4.78, 5) is 25.6. The first-order valence-corrected chi connectivity index (χ1v) is 14.7. The standard InChI is InChI=1S/C31H40F3N3O10.Na/c1-17(36-8-12-44-21-5-2-3-6-22(21)46-16-31(32,33)34)13-18-14-19-7-10-37(23(19)20(15-18)28(35)41)9-4-11-45-30-26(40)24(38)25(39)27(47-30)29(42)43;/h2-3,5-6,14-15,17,24-27,30,36,38-40H,4,7-13,16H2,1H3,(H2,35,41)(H,42,43);/q;+1/p-1/t17-,24+,25+,26-,27+,30-;/m1./s1/i8D2,12D2;. The van der Waals surface area contributed by atoms with E-state index in [0.29, 0.717) is 37.2 Å². The number of primary amides is 1. The number of hydrogen-bond acceptors (Lipinski definition) is 12. The average molecular weight is 698 g/mol. The van der Waals surface area contributed by atoms with Crippen LogP contribution in [0.4, 0.5) is 18.9 Å². The number of aliphatic carboxylic acids is 1. The van der Waals surface area contributed by atoms with Crippen LogP contribution in [0.3, 0.4) is 0 Å². The molecule has 0 unspecified atom stereocenters. The van der Waals surface area contributed by atoms with Crippen molar-refractivity contribution < 1.29 is 97.2 Å². The molecule has 4 rings (SSSR count). The Morgan fingerprint density at radius 1 is 1.17 bits per heavy atom. The van der Waals surface area contributed by atoms with E-state index in [1.165, 1.54) is 12.1 Å². The number of nitrogens with zero attached hydrogens (tertiary/aromatic N) is 1. The Morgan fingerprint density at radius 3 is 2.50 bits per heavy atom. The molecule has 0 aliphatic carbocycles. The van der Waals surface area contributed by atoms with Gasteiger partial charge in [0.2, 0.25) is 0 Å². The molecule has 1 fully saturated rings. The number of ether oxygens (including phenoxy) is 4. The fourth-order valence-corrected chi connectivity index (χ4v) is 5.31. The number of aliphatic hydroxyl groups excluding tert-OH is 3. The molecule has 2 aromatic carbocycles. The Morgan fingerprint density at radius 2 is 1.85 bits per heavy atom. The number of nitrogens with two attached hydrogens (primary N) is 1. The summed E-state index contributed by atoms with van der Waals surface area (Å²) in [5.74, 6) is -3.38. The van der Waals surface area contributed by atoms with Crippen molar-refractivity contribution in [2.45, 2.75) is 69.1 Å². The Hall–Kier alpha value is -2.67. The van der Waals surface area contributed by atoms with Crippen LogP contribution in [0.25, 0.3) is 0 Å². The maximum absolute atomic E-state index is 12.7. The van der Waals surface area contributed by atoms with E-state index in [0.717, 1.165) is 17.7 Å². The second kappa shape index (κ2) is 17.8. The molecule has 13 nitrogen and oxygen atoms in total. The van der Waals surface area contributed by atoms with Gasteiger partial charge in [-0.3, -0.25) is 4.79 Å². The Labute approximate surface area is 303 Å². The minimum absolute atomic E-state index is 0. The van der Waals surface area contributed by atoms with E-state index < -0.39 is 86.0 Å². The summed E-state index contributed by atoms with van der Waals surface area (Å²) in [5, 5.41) is 43.6. The molecule has 17 heteroatoms. The predicted molar refractivity (Wildman–Crippen MR) is 158 cm³/mol. The van der Waals surface area contributed by atoms with E-state index in [9.17, 15) is 43.2 Å². The van der Waals surface area contributed by atoms with E-state index in [2.05, 4.69) is 5.32 Å². The number of alkyl halides is 3. The SMILES string of the molecule is [2H]C([2H])(N[C@H](C)Cc1cc2c(c(C(N)=O)c1)N(CCCO[C@@H]1O[C@H](C(=O)[O-])[C@@H](O)[C@H](O)[C@H]1O)CC2)C([2H])([2H])Oc1ccccc1OCC(F)(F)F.[Na+]. The van der Waals surface area contributed by atoms with E-state index in [1.54, 1.807) is 13.0 Å². The van der Waals surface area contributed by atoms with Crippen LogP contribution in [0.2, 0.25) is 0 Å². The molecular formula is C31H39F3N3NaO10. The van der Waals surface area contributed by atoms with Gasteiger partial charge in [-0.15, -0.1) is 0 Å². The maximum atomic E-state index is 12.7. The van der Waals surface area contributed by atoms with E-state index >= 15 is 0 Å². The van der Waals surface area contributed by atoms with Crippen molar-refractivity contribution in [2.75, 3.05) is 44.3 Å².